The lowest BCUT2D eigenvalue weighted by Gasteiger charge is -2.09. The van der Waals surface area contributed by atoms with E-state index in [2.05, 4.69) is 5.32 Å². The molecule has 96 valence electrons. The minimum absolute atomic E-state index is 0.372. The Morgan fingerprint density at radius 3 is 2.29 bits per heavy atom. The molecule has 4 nitrogen and oxygen atoms in total. The Morgan fingerprint density at radius 1 is 1.24 bits per heavy atom. The maximum atomic E-state index is 11.9. The Labute approximate surface area is 103 Å². The summed E-state index contributed by atoms with van der Waals surface area (Å²) < 4.78 is 23.7. The zero-order chi connectivity index (χ0) is 12.9. The lowest BCUT2D eigenvalue weighted by molar-refractivity contribution is 0.587. The van der Waals surface area contributed by atoms with Gasteiger partial charge in [0.2, 0.25) is 0 Å². The molecule has 5 heteroatoms. The first-order valence-electron chi connectivity index (χ1n) is 5.76. The second-order valence-corrected chi connectivity index (χ2v) is 6.69. The van der Waals surface area contributed by atoms with E-state index in [1.54, 1.807) is 38.1 Å². The Morgan fingerprint density at radius 2 is 1.82 bits per heavy atom. The summed E-state index contributed by atoms with van der Waals surface area (Å²) in [5, 5.41) is 2.79. The predicted molar refractivity (Wildman–Crippen MR) is 70.9 cm³/mol. The number of anilines is 1. The molecule has 0 aliphatic heterocycles. The van der Waals surface area contributed by atoms with Gasteiger partial charge in [-0.15, -0.1) is 0 Å². The first-order chi connectivity index (χ1) is 7.98. The third-order valence-corrected chi connectivity index (χ3v) is 4.68. The molecule has 0 saturated heterocycles. The summed E-state index contributed by atoms with van der Waals surface area (Å²) in [6.07, 6.45) is 0.895. The standard InChI is InChI=1S/C12H20N2O2S/c1-10(2)17(15,16)12-6-4-11(5-7-12)14-9-3-8-13/h4-7,10,14H,3,8-9,13H2,1-2H3. The maximum Gasteiger partial charge on any atom is 0.180 e. The molecular weight excluding hydrogens is 236 g/mol. The van der Waals surface area contributed by atoms with Crippen molar-refractivity contribution in [3.8, 4) is 0 Å². The van der Waals surface area contributed by atoms with Crippen molar-refractivity contribution >= 4 is 15.5 Å². The van der Waals surface area contributed by atoms with Crippen molar-refractivity contribution in [2.45, 2.75) is 30.4 Å². The minimum Gasteiger partial charge on any atom is -0.385 e. The summed E-state index contributed by atoms with van der Waals surface area (Å²) in [6.45, 7) is 4.81. The van der Waals surface area contributed by atoms with Crippen LogP contribution in [0.25, 0.3) is 0 Å². The average molecular weight is 256 g/mol. The monoisotopic (exact) mass is 256 g/mol. The molecule has 0 atom stereocenters. The normalized spacial score (nSPS) is 11.8. The Bertz CT molecular complexity index is 438. The van der Waals surface area contributed by atoms with E-state index in [0.717, 1.165) is 18.7 Å². The first kappa shape index (κ1) is 14.0. The molecule has 1 rings (SSSR count). The highest BCUT2D eigenvalue weighted by atomic mass is 32.2. The number of nitrogens with one attached hydrogen (secondary N) is 1. The molecule has 0 unspecified atom stereocenters. The molecule has 0 amide bonds. The van der Waals surface area contributed by atoms with Crippen molar-refractivity contribution in [1.82, 2.24) is 0 Å². The van der Waals surface area contributed by atoms with E-state index in [4.69, 9.17) is 5.73 Å². The predicted octanol–water partition coefficient (Wildman–Crippen LogP) is 1.63. The molecule has 17 heavy (non-hydrogen) atoms. The van der Waals surface area contributed by atoms with Crippen LogP contribution in [-0.2, 0) is 9.84 Å². The second kappa shape index (κ2) is 6.02. The highest BCUT2D eigenvalue weighted by Crippen LogP contribution is 2.18. The molecule has 0 radical (unpaired) electrons. The van der Waals surface area contributed by atoms with E-state index in [1.165, 1.54) is 0 Å². The van der Waals surface area contributed by atoms with Crippen LogP contribution in [0.2, 0.25) is 0 Å². The van der Waals surface area contributed by atoms with Crippen molar-refractivity contribution in [2.75, 3.05) is 18.4 Å². The third kappa shape index (κ3) is 3.71. The fraction of sp³-hybridized carbons (Fsp3) is 0.500. The largest absolute Gasteiger partial charge is 0.385 e. The fourth-order valence-electron chi connectivity index (χ4n) is 1.37. The molecule has 0 aliphatic rings. The van der Waals surface area contributed by atoms with Gasteiger partial charge in [-0.25, -0.2) is 8.42 Å². The van der Waals surface area contributed by atoms with E-state index >= 15 is 0 Å². The van der Waals surface area contributed by atoms with Crippen molar-refractivity contribution < 1.29 is 8.42 Å². The van der Waals surface area contributed by atoms with Gasteiger partial charge in [0.15, 0.2) is 9.84 Å². The number of sulfone groups is 1. The summed E-state index contributed by atoms with van der Waals surface area (Å²) in [7, 11) is -3.17. The van der Waals surface area contributed by atoms with Gasteiger partial charge in [0.25, 0.3) is 0 Å². The van der Waals surface area contributed by atoms with Gasteiger partial charge in [-0.1, -0.05) is 0 Å². The van der Waals surface area contributed by atoms with Crippen LogP contribution in [0.5, 0.6) is 0 Å². The number of hydrogen-bond donors (Lipinski definition) is 2. The summed E-state index contributed by atoms with van der Waals surface area (Å²) in [4.78, 5) is 0.372. The van der Waals surface area contributed by atoms with Gasteiger partial charge in [0, 0.05) is 12.2 Å². The lowest BCUT2D eigenvalue weighted by atomic mass is 10.3. The molecule has 0 bridgehead atoms. The minimum atomic E-state index is -3.17. The lowest BCUT2D eigenvalue weighted by Crippen LogP contribution is -2.14. The summed E-state index contributed by atoms with van der Waals surface area (Å²) >= 11 is 0. The fourth-order valence-corrected chi connectivity index (χ4v) is 2.43. The van der Waals surface area contributed by atoms with Crippen LogP contribution < -0.4 is 11.1 Å². The molecule has 1 aromatic rings. The van der Waals surface area contributed by atoms with Gasteiger partial charge in [-0.3, -0.25) is 0 Å². The molecular formula is C12H20N2O2S. The highest BCUT2D eigenvalue weighted by molar-refractivity contribution is 7.92. The summed E-state index contributed by atoms with van der Waals surface area (Å²) in [6, 6.07) is 6.85. The van der Waals surface area contributed by atoms with Crippen molar-refractivity contribution in [3.05, 3.63) is 24.3 Å². The van der Waals surface area contributed by atoms with E-state index in [-0.39, 0.29) is 0 Å². The molecule has 3 N–H and O–H groups in total. The zero-order valence-corrected chi connectivity index (χ0v) is 11.1. The van der Waals surface area contributed by atoms with Crippen molar-refractivity contribution in [3.63, 3.8) is 0 Å². The molecule has 0 heterocycles. The molecule has 0 saturated carbocycles. The summed E-state index contributed by atoms with van der Waals surface area (Å²) in [5.74, 6) is 0. The van der Waals surface area contributed by atoms with Crippen LogP contribution in [-0.4, -0.2) is 26.8 Å². The van der Waals surface area contributed by atoms with E-state index < -0.39 is 15.1 Å². The van der Waals surface area contributed by atoms with Crippen LogP contribution in [0.4, 0.5) is 5.69 Å². The SMILES string of the molecule is CC(C)S(=O)(=O)c1ccc(NCCCN)cc1. The van der Waals surface area contributed by atoms with Gasteiger partial charge >= 0.3 is 0 Å². The molecule has 0 fully saturated rings. The topological polar surface area (TPSA) is 72.2 Å². The Kier molecular flexibility index (Phi) is 4.96. The van der Waals surface area contributed by atoms with Gasteiger partial charge in [0.05, 0.1) is 10.1 Å². The molecule has 0 spiro atoms. The highest BCUT2D eigenvalue weighted by Gasteiger charge is 2.18. The van der Waals surface area contributed by atoms with Crippen LogP contribution in [0.3, 0.4) is 0 Å². The number of hydrogen-bond acceptors (Lipinski definition) is 4. The first-order valence-corrected chi connectivity index (χ1v) is 7.31. The number of benzene rings is 1. The van der Waals surface area contributed by atoms with Crippen LogP contribution in [0.15, 0.2) is 29.2 Å². The van der Waals surface area contributed by atoms with Crippen molar-refractivity contribution in [2.24, 2.45) is 5.73 Å². The zero-order valence-electron chi connectivity index (χ0n) is 10.3. The Hall–Kier alpha value is -1.07. The van der Waals surface area contributed by atoms with Crippen LogP contribution in [0.1, 0.15) is 20.3 Å². The number of rotatable bonds is 6. The quantitative estimate of drug-likeness (QED) is 0.759. The molecule has 0 aromatic heterocycles. The van der Waals surface area contributed by atoms with E-state index in [9.17, 15) is 8.42 Å². The Balaban J connectivity index is 2.75. The number of nitrogens with two attached hydrogens (primary N) is 1. The van der Waals surface area contributed by atoms with Crippen molar-refractivity contribution in [1.29, 1.82) is 0 Å². The summed E-state index contributed by atoms with van der Waals surface area (Å²) in [5.41, 5.74) is 6.31. The maximum absolute atomic E-state index is 11.9. The molecule has 1 aromatic carbocycles. The van der Waals surface area contributed by atoms with E-state index in [0.29, 0.717) is 11.4 Å². The van der Waals surface area contributed by atoms with Crippen LogP contribution in [0, 0.1) is 0 Å². The molecule has 0 aliphatic carbocycles. The smallest absolute Gasteiger partial charge is 0.180 e. The second-order valence-electron chi connectivity index (χ2n) is 4.19. The van der Waals surface area contributed by atoms with Gasteiger partial charge in [-0.05, 0) is 51.1 Å². The van der Waals surface area contributed by atoms with Gasteiger partial charge in [-0.2, -0.15) is 0 Å². The van der Waals surface area contributed by atoms with Gasteiger partial charge in [0.1, 0.15) is 0 Å². The third-order valence-electron chi connectivity index (χ3n) is 2.51. The van der Waals surface area contributed by atoms with Gasteiger partial charge < -0.3 is 11.1 Å². The average Bonchev–Trinajstić information content (AvgIpc) is 2.30. The van der Waals surface area contributed by atoms with E-state index in [1.807, 2.05) is 0 Å². The van der Waals surface area contributed by atoms with Crippen LogP contribution >= 0.6 is 0 Å².